The van der Waals surface area contributed by atoms with E-state index in [2.05, 4.69) is 48.3 Å². The van der Waals surface area contributed by atoms with Gasteiger partial charge in [-0.2, -0.15) is 0 Å². The molecule has 1 fully saturated rings. The van der Waals surface area contributed by atoms with Crippen LogP contribution in [0.15, 0.2) is 42.5 Å². The van der Waals surface area contributed by atoms with Gasteiger partial charge in [0.05, 0.1) is 13.3 Å². The Morgan fingerprint density at radius 3 is 2.21 bits per heavy atom. The minimum Gasteiger partial charge on any atom is -0.497 e. The van der Waals surface area contributed by atoms with Crippen molar-refractivity contribution in [2.24, 2.45) is 0 Å². The van der Waals surface area contributed by atoms with E-state index in [4.69, 9.17) is 29.3 Å². The van der Waals surface area contributed by atoms with Crippen LogP contribution in [0.3, 0.4) is 0 Å². The lowest BCUT2D eigenvalue weighted by Crippen LogP contribution is -2.45. The predicted molar refractivity (Wildman–Crippen MR) is 121 cm³/mol. The van der Waals surface area contributed by atoms with E-state index >= 15 is 0 Å². The van der Waals surface area contributed by atoms with E-state index in [1.165, 1.54) is 11.3 Å². The summed E-state index contributed by atoms with van der Waals surface area (Å²) in [5.74, 6) is -2.46. The first kappa shape index (κ1) is 23.9. The van der Waals surface area contributed by atoms with Crippen molar-refractivity contribution in [3.05, 3.63) is 48.0 Å². The zero-order valence-electron chi connectivity index (χ0n) is 18.9. The summed E-state index contributed by atoms with van der Waals surface area (Å²) in [5.41, 5.74) is 3.32. The normalized spacial score (nSPS) is 20.7. The van der Waals surface area contributed by atoms with Crippen molar-refractivity contribution < 1.29 is 34.1 Å². The lowest BCUT2D eigenvalue weighted by Gasteiger charge is -2.32. The number of nitrogens with one attached hydrogen (secondary N) is 1. The summed E-state index contributed by atoms with van der Waals surface area (Å²) in [7, 11) is 5.91. The van der Waals surface area contributed by atoms with Crippen LogP contribution in [0, 0.1) is 0 Å². The van der Waals surface area contributed by atoms with Gasteiger partial charge in [0.15, 0.2) is 0 Å². The average molecular weight is 457 g/mol. The second-order valence-electron chi connectivity index (χ2n) is 8.16. The Morgan fingerprint density at radius 2 is 1.64 bits per heavy atom. The number of carbonyl (C=O) groups excluding carboxylic acids is 1. The number of anilines is 2. The molecule has 2 unspecified atom stereocenters. The highest BCUT2D eigenvalue weighted by molar-refractivity contribution is 6.27. The number of methoxy groups -OCH3 is 1. The molecule has 0 saturated carbocycles. The molecule has 2 aromatic carbocycles. The van der Waals surface area contributed by atoms with E-state index in [1.807, 2.05) is 6.07 Å². The van der Waals surface area contributed by atoms with Crippen LogP contribution in [0.25, 0.3) is 0 Å². The van der Waals surface area contributed by atoms with Crippen molar-refractivity contribution in [3.8, 4) is 11.5 Å². The maximum absolute atomic E-state index is 12.3. The van der Waals surface area contributed by atoms with Gasteiger partial charge >= 0.3 is 18.0 Å². The lowest BCUT2D eigenvalue weighted by atomic mass is 9.81. The van der Waals surface area contributed by atoms with Crippen molar-refractivity contribution in [3.63, 3.8) is 0 Å². The summed E-state index contributed by atoms with van der Waals surface area (Å²) in [5, 5.41) is 17.6. The summed E-state index contributed by atoms with van der Waals surface area (Å²) in [4.78, 5) is 35.2. The summed E-state index contributed by atoms with van der Waals surface area (Å²) < 4.78 is 10.5. The molecule has 2 aromatic rings. The zero-order valence-corrected chi connectivity index (χ0v) is 18.9. The summed E-state index contributed by atoms with van der Waals surface area (Å²) in [6.45, 7) is 3.38. The Morgan fingerprint density at radius 1 is 1.03 bits per heavy atom. The number of carboxylic acids is 2. The largest absolute Gasteiger partial charge is 0.497 e. The van der Waals surface area contributed by atoms with Gasteiger partial charge in [0, 0.05) is 30.4 Å². The highest BCUT2D eigenvalue weighted by Crippen LogP contribution is 2.51. The summed E-state index contributed by atoms with van der Waals surface area (Å²) >= 11 is 0. The fourth-order valence-corrected chi connectivity index (χ4v) is 4.55. The average Bonchev–Trinajstić information content (AvgIpc) is 3.20. The molecule has 2 heterocycles. The van der Waals surface area contributed by atoms with Gasteiger partial charge in [-0.05, 0) is 61.5 Å². The number of hydrogen-bond donors (Lipinski definition) is 3. The molecule has 0 radical (unpaired) electrons. The minimum atomic E-state index is -1.82. The number of amides is 1. The third kappa shape index (κ3) is 4.85. The van der Waals surface area contributed by atoms with Gasteiger partial charge in [-0.1, -0.05) is 6.92 Å². The molecule has 2 atom stereocenters. The maximum atomic E-state index is 12.3. The second kappa shape index (κ2) is 9.37. The van der Waals surface area contributed by atoms with Gasteiger partial charge in [-0.25, -0.2) is 14.4 Å². The predicted octanol–water partition coefficient (Wildman–Crippen LogP) is 2.83. The first-order chi connectivity index (χ1) is 15.6. The number of carboxylic acid groups (broad SMARTS) is 2. The number of aliphatic carboxylic acids is 2. The quantitative estimate of drug-likeness (QED) is 0.596. The number of hydrogen-bond acceptors (Lipinski definition) is 7. The fourth-order valence-electron chi connectivity index (χ4n) is 4.55. The van der Waals surface area contributed by atoms with Crippen molar-refractivity contribution >= 4 is 29.4 Å². The van der Waals surface area contributed by atoms with Crippen LogP contribution in [0.1, 0.15) is 18.9 Å². The van der Waals surface area contributed by atoms with Gasteiger partial charge < -0.3 is 24.6 Å². The number of carbonyl (C=O) groups is 3. The van der Waals surface area contributed by atoms with Crippen LogP contribution in [0.4, 0.5) is 16.2 Å². The molecule has 1 saturated heterocycles. The Bertz CT molecular complexity index is 1040. The highest BCUT2D eigenvalue weighted by atomic mass is 16.6. The molecule has 2 aliphatic rings. The molecule has 33 heavy (non-hydrogen) atoms. The smallest absolute Gasteiger partial charge is 0.417 e. The van der Waals surface area contributed by atoms with Gasteiger partial charge in [0.25, 0.3) is 0 Å². The molecular weight excluding hydrogens is 430 g/mol. The van der Waals surface area contributed by atoms with Crippen molar-refractivity contribution in [2.45, 2.75) is 24.9 Å². The number of likely N-dealkylation sites (tertiary alicyclic amines) is 1. The number of rotatable bonds is 3. The van der Waals surface area contributed by atoms with Gasteiger partial charge in [-0.15, -0.1) is 0 Å². The minimum absolute atomic E-state index is 0.0659. The molecular formula is C23H27N3O7. The molecule has 0 spiro atoms. The van der Waals surface area contributed by atoms with Crippen molar-refractivity contribution in [2.75, 3.05) is 38.0 Å². The van der Waals surface area contributed by atoms with Crippen molar-refractivity contribution in [1.82, 2.24) is 4.90 Å². The van der Waals surface area contributed by atoms with Crippen LogP contribution in [0.2, 0.25) is 0 Å². The molecule has 0 aromatic heterocycles. The second-order valence-corrected chi connectivity index (χ2v) is 8.16. The molecule has 3 N–H and O–H groups in total. The Balaban J connectivity index is 0.000000454. The first-order valence-corrected chi connectivity index (χ1v) is 10.2. The molecule has 2 aliphatic heterocycles. The molecule has 10 heteroatoms. The van der Waals surface area contributed by atoms with Gasteiger partial charge in [0.2, 0.25) is 0 Å². The van der Waals surface area contributed by atoms with E-state index in [0.29, 0.717) is 11.9 Å². The molecule has 1 amide bonds. The molecule has 10 nitrogen and oxygen atoms in total. The number of ether oxygens (including phenoxy) is 2. The van der Waals surface area contributed by atoms with E-state index in [-0.39, 0.29) is 5.41 Å². The van der Waals surface area contributed by atoms with E-state index in [0.717, 1.165) is 24.4 Å². The van der Waals surface area contributed by atoms with Crippen LogP contribution >= 0.6 is 0 Å². The molecule has 4 rings (SSSR count). The molecule has 0 bridgehead atoms. The van der Waals surface area contributed by atoms with Gasteiger partial charge in [0.1, 0.15) is 11.5 Å². The fraction of sp³-hybridized carbons (Fsp3) is 0.348. The monoisotopic (exact) mass is 457 g/mol. The highest BCUT2D eigenvalue weighted by Gasteiger charge is 2.52. The number of fused-ring (bicyclic) bond motifs is 3. The third-order valence-corrected chi connectivity index (χ3v) is 6.03. The molecule has 176 valence electrons. The standard InChI is InChI=1S/C21H25N3O3.C2H2O4/c1-21-11-12-23(2)19(21)24(3)18-10-5-14(13-17(18)21)22-20(25)27-16-8-6-15(26-4)7-9-16;3-1(4)2(5)6/h5-10,13,19H,11-12H2,1-4H3,(H,22,25);(H,3,4)(H,5,6). The van der Waals surface area contributed by atoms with Crippen LogP contribution in [-0.2, 0) is 15.0 Å². The van der Waals surface area contributed by atoms with Crippen LogP contribution < -0.4 is 19.7 Å². The Kier molecular flexibility index (Phi) is 6.78. The Hall–Kier alpha value is -3.79. The van der Waals surface area contributed by atoms with E-state index in [9.17, 15) is 4.79 Å². The number of nitrogens with zero attached hydrogens (tertiary/aromatic N) is 2. The van der Waals surface area contributed by atoms with E-state index in [1.54, 1.807) is 31.4 Å². The molecule has 0 aliphatic carbocycles. The van der Waals surface area contributed by atoms with Gasteiger partial charge in [-0.3, -0.25) is 10.2 Å². The summed E-state index contributed by atoms with van der Waals surface area (Å²) in [6.07, 6.45) is 0.955. The van der Waals surface area contributed by atoms with E-state index < -0.39 is 18.0 Å². The lowest BCUT2D eigenvalue weighted by molar-refractivity contribution is -0.159. The first-order valence-electron chi connectivity index (χ1n) is 10.2. The van der Waals surface area contributed by atoms with Crippen LogP contribution in [0.5, 0.6) is 11.5 Å². The number of likely N-dealkylation sites (N-methyl/N-ethyl adjacent to an activating group) is 2. The zero-order chi connectivity index (χ0) is 24.3. The maximum Gasteiger partial charge on any atom is 0.417 e. The Labute approximate surface area is 191 Å². The topological polar surface area (TPSA) is 129 Å². The van der Waals surface area contributed by atoms with Crippen LogP contribution in [-0.4, -0.2) is 67.1 Å². The van der Waals surface area contributed by atoms with Crippen molar-refractivity contribution in [1.29, 1.82) is 0 Å². The summed E-state index contributed by atoms with van der Waals surface area (Å²) in [6, 6.07) is 13.0. The SMILES string of the molecule is COc1ccc(OC(=O)Nc2ccc3c(c2)C2(C)CCN(C)C2N3C)cc1.O=C(O)C(=O)O. The number of benzene rings is 2. The third-order valence-electron chi connectivity index (χ3n) is 6.03.